The van der Waals surface area contributed by atoms with Gasteiger partial charge >= 0.3 is 0 Å². The van der Waals surface area contributed by atoms with Crippen LogP contribution in [0.1, 0.15) is 10.4 Å². The SMILES string of the molecule is COCCOc1ccc(C(=O)CN)cc1OC. The average molecular weight is 239 g/mol. The van der Waals surface area contributed by atoms with Crippen molar-refractivity contribution in [2.45, 2.75) is 0 Å². The second-order valence-electron chi connectivity index (χ2n) is 3.33. The predicted molar refractivity (Wildman–Crippen MR) is 63.7 cm³/mol. The van der Waals surface area contributed by atoms with Gasteiger partial charge in [-0.2, -0.15) is 0 Å². The molecule has 0 heterocycles. The van der Waals surface area contributed by atoms with Crippen LogP contribution in [0.25, 0.3) is 0 Å². The fourth-order valence-corrected chi connectivity index (χ4v) is 1.31. The Morgan fingerprint density at radius 3 is 2.59 bits per heavy atom. The van der Waals surface area contributed by atoms with E-state index >= 15 is 0 Å². The normalized spacial score (nSPS) is 10.1. The number of benzene rings is 1. The van der Waals surface area contributed by atoms with Crippen LogP contribution in [0.5, 0.6) is 11.5 Å². The summed E-state index contributed by atoms with van der Waals surface area (Å²) in [6.07, 6.45) is 0. The van der Waals surface area contributed by atoms with Crippen molar-refractivity contribution in [3.8, 4) is 11.5 Å². The topological polar surface area (TPSA) is 70.8 Å². The van der Waals surface area contributed by atoms with E-state index in [-0.39, 0.29) is 12.3 Å². The van der Waals surface area contributed by atoms with Crippen LogP contribution in [-0.2, 0) is 4.74 Å². The minimum atomic E-state index is -0.133. The average Bonchev–Trinajstić information content (AvgIpc) is 2.38. The molecule has 0 spiro atoms. The van der Waals surface area contributed by atoms with Crippen molar-refractivity contribution in [1.82, 2.24) is 0 Å². The molecule has 17 heavy (non-hydrogen) atoms. The zero-order chi connectivity index (χ0) is 12.7. The number of methoxy groups -OCH3 is 2. The van der Waals surface area contributed by atoms with Crippen molar-refractivity contribution in [2.24, 2.45) is 5.73 Å². The number of hydrogen-bond donors (Lipinski definition) is 1. The first-order valence-corrected chi connectivity index (χ1v) is 5.26. The summed E-state index contributed by atoms with van der Waals surface area (Å²) in [4.78, 5) is 11.4. The van der Waals surface area contributed by atoms with Crippen LogP contribution in [-0.4, -0.2) is 39.8 Å². The van der Waals surface area contributed by atoms with E-state index in [0.717, 1.165) is 0 Å². The van der Waals surface area contributed by atoms with Crippen molar-refractivity contribution in [3.05, 3.63) is 23.8 Å². The van der Waals surface area contributed by atoms with Crippen molar-refractivity contribution in [1.29, 1.82) is 0 Å². The molecule has 0 aliphatic rings. The number of ketones is 1. The lowest BCUT2D eigenvalue weighted by atomic mass is 10.1. The molecule has 0 saturated heterocycles. The number of ether oxygens (including phenoxy) is 3. The van der Waals surface area contributed by atoms with E-state index in [4.69, 9.17) is 19.9 Å². The first-order valence-electron chi connectivity index (χ1n) is 5.26. The Balaban J connectivity index is 2.81. The van der Waals surface area contributed by atoms with Crippen molar-refractivity contribution in [3.63, 3.8) is 0 Å². The van der Waals surface area contributed by atoms with E-state index in [9.17, 15) is 4.79 Å². The highest BCUT2D eigenvalue weighted by molar-refractivity contribution is 5.98. The van der Waals surface area contributed by atoms with Gasteiger partial charge < -0.3 is 19.9 Å². The second-order valence-corrected chi connectivity index (χ2v) is 3.33. The van der Waals surface area contributed by atoms with Crippen molar-refractivity contribution in [2.75, 3.05) is 34.0 Å². The summed E-state index contributed by atoms with van der Waals surface area (Å²) in [6, 6.07) is 4.98. The molecule has 0 aliphatic carbocycles. The van der Waals surface area contributed by atoms with Gasteiger partial charge in [-0.1, -0.05) is 0 Å². The largest absolute Gasteiger partial charge is 0.493 e. The number of hydrogen-bond acceptors (Lipinski definition) is 5. The van der Waals surface area contributed by atoms with Gasteiger partial charge in [0, 0.05) is 12.7 Å². The molecule has 0 unspecified atom stereocenters. The molecule has 0 atom stereocenters. The van der Waals surface area contributed by atoms with E-state index in [2.05, 4.69) is 0 Å². The summed E-state index contributed by atoms with van der Waals surface area (Å²) >= 11 is 0. The van der Waals surface area contributed by atoms with Gasteiger partial charge in [0.1, 0.15) is 6.61 Å². The Kier molecular flexibility index (Phi) is 5.45. The molecule has 1 aromatic rings. The molecular formula is C12H17NO4. The molecular weight excluding hydrogens is 222 g/mol. The maximum Gasteiger partial charge on any atom is 0.176 e. The third-order valence-corrected chi connectivity index (χ3v) is 2.22. The molecule has 0 bridgehead atoms. The van der Waals surface area contributed by atoms with E-state index in [0.29, 0.717) is 30.3 Å². The first-order chi connectivity index (χ1) is 8.22. The molecule has 0 fully saturated rings. The van der Waals surface area contributed by atoms with Gasteiger partial charge in [0.15, 0.2) is 17.3 Å². The number of carbonyl (C=O) groups is 1. The third kappa shape index (κ3) is 3.72. The van der Waals surface area contributed by atoms with Crippen LogP contribution >= 0.6 is 0 Å². The molecule has 0 aliphatic heterocycles. The minimum absolute atomic E-state index is 0.0208. The lowest BCUT2D eigenvalue weighted by molar-refractivity contribution is 0.100. The Labute approximate surface area is 100 Å². The monoisotopic (exact) mass is 239 g/mol. The Bertz CT molecular complexity index is 379. The molecule has 5 nitrogen and oxygen atoms in total. The Hall–Kier alpha value is -1.59. The van der Waals surface area contributed by atoms with Crippen LogP contribution in [0.4, 0.5) is 0 Å². The molecule has 94 valence electrons. The van der Waals surface area contributed by atoms with Gasteiger partial charge in [0.25, 0.3) is 0 Å². The zero-order valence-corrected chi connectivity index (χ0v) is 10.1. The highest BCUT2D eigenvalue weighted by Gasteiger charge is 2.09. The molecule has 2 N–H and O–H groups in total. The number of carbonyl (C=O) groups excluding carboxylic acids is 1. The standard InChI is InChI=1S/C12H17NO4/c1-15-5-6-17-11-4-3-9(10(14)8-13)7-12(11)16-2/h3-4,7H,5-6,8,13H2,1-2H3. The Morgan fingerprint density at radius 2 is 2.00 bits per heavy atom. The lowest BCUT2D eigenvalue weighted by Gasteiger charge is -2.11. The van der Waals surface area contributed by atoms with Gasteiger partial charge in [-0.05, 0) is 18.2 Å². The minimum Gasteiger partial charge on any atom is -0.493 e. The molecule has 0 saturated carbocycles. The fraction of sp³-hybridized carbons (Fsp3) is 0.417. The fourth-order valence-electron chi connectivity index (χ4n) is 1.31. The van der Waals surface area contributed by atoms with Gasteiger partial charge in [-0.15, -0.1) is 0 Å². The van der Waals surface area contributed by atoms with Gasteiger partial charge in [0.2, 0.25) is 0 Å². The quantitative estimate of drug-likeness (QED) is 0.564. The third-order valence-electron chi connectivity index (χ3n) is 2.22. The number of Topliss-reactive ketones (excluding diaryl/α,β-unsaturated/α-hetero) is 1. The maximum absolute atomic E-state index is 11.4. The number of nitrogens with two attached hydrogens (primary N) is 1. The highest BCUT2D eigenvalue weighted by Crippen LogP contribution is 2.28. The summed E-state index contributed by atoms with van der Waals surface area (Å²) in [6.45, 7) is 0.900. The van der Waals surface area contributed by atoms with Crippen LogP contribution in [0.2, 0.25) is 0 Å². The van der Waals surface area contributed by atoms with E-state index in [1.807, 2.05) is 0 Å². The lowest BCUT2D eigenvalue weighted by Crippen LogP contribution is -2.13. The van der Waals surface area contributed by atoms with Crippen molar-refractivity contribution < 1.29 is 19.0 Å². The summed E-state index contributed by atoms with van der Waals surface area (Å²) in [5.41, 5.74) is 5.81. The summed E-state index contributed by atoms with van der Waals surface area (Å²) in [5.74, 6) is 0.963. The molecule has 5 heteroatoms. The van der Waals surface area contributed by atoms with Crippen LogP contribution < -0.4 is 15.2 Å². The molecule has 0 radical (unpaired) electrons. The Morgan fingerprint density at radius 1 is 1.24 bits per heavy atom. The summed E-state index contributed by atoms with van der Waals surface area (Å²) in [5, 5.41) is 0. The number of rotatable bonds is 7. The van der Waals surface area contributed by atoms with E-state index < -0.39 is 0 Å². The van der Waals surface area contributed by atoms with Crippen LogP contribution in [0.15, 0.2) is 18.2 Å². The smallest absolute Gasteiger partial charge is 0.176 e. The van der Waals surface area contributed by atoms with Crippen LogP contribution in [0.3, 0.4) is 0 Å². The molecule has 1 aromatic carbocycles. The van der Waals surface area contributed by atoms with Crippen LogP contribution in [0, 0.1) is 0 Å². The highest BCUT2D eigenvalue weighted by atomic mass is 16.5. The van der Waals surface area contributed by atoms with Gasteiger partial charge in [-0.3, -0.25) is 4.79 Å². The molecule has 1 rings (SSSR count). The predicted octanol–water partition coefficient (Wildman–Crippen LogP) is 0.862. The first kappa shape index (κ1) is 13.5. The zero-order valence-electron chi connectivity index (χ0n) is 10.1. The maximum atomic E-state index is 11.4. The van der Waals surface area contributed by atoms with Gasteiger partial charge in [-0.25, -0.2) is 0 Å². The van der Waals surface area contributed by atoms with E-state index in [1.54, 1.807) is 25.3 Å². The van der Waals surface area contributed by atoms with Crippen molar-refractivity contribution >= 4 is 5.78 Å². The summed E-state index contributed by atoms with van der Waals surface area (Å²) < 4.78 is 15.5. The molecule has 0 aromatic heterocycles. The van der Waals surface area contributed by atoms with Gasteiger partial charge in [0.05, 0.1) is 20.3 Å². The summed E-state index contributed by atoms with van der Waals surface area (Å²) in [7, 11) is 3.12. The van der Waals surface area contributed by atoms with E-state index in [1.165, 1.54) is 7.11 Å². The second kappa shape index (κ2) is 6.88. The molecule has 0 amide bonds.